The van der Waals surface area contributed by atoms with Gasteiger partial charge in [0.25, 0.3) is 0 Å². The summed E-state index contributed by atoms with van der Waals surface area (Å²) >= 11 is 0. The van der Waals surface area contributed by atoms with Gasteiger partial charge >= 0.3 is 0 Å². The minimum absolute atomic E-state index is 0.856. The predicted octanol–water partition coefficient (Wildman–Crippen LogP) is 7.75. The van der Waals surface area contributed by atoms with Crippen LogP contribution in [0.3, 0.4) is 0 Å². The van der Waals surface area contributed by atoms with Crippen LogP contribution in [0.4, 0.5) is 0 Å². The second-order valence-corrected chi connectivity index (χ2v) is 9.48. The second-order valence-electron chi connectivity index (χ2n) is 9.48. The zero-order valence-corrected chi connectivity index (χ0v) is 22.2. The summed E-state index contributed by atoms with van der Waals surface area (Å²) in [6, 6.07) is 27.8. The van der Waals surface area contributed by atoms with Gasteiger partial charge in [0.05, 0.1) is 18.5 Å². The van der Waals surface area contributed by atoms with Crippen molar-refractivity contribution in [1.82, 2.24) is 14.5 Å². The fourth-order valence-corrected chi connectivity index (χ4v) is 4.85. The molecular weight excluding hydrogens is 442 g/mol. The fourth-order valence-electron chi connectivity index (χ4n) is 4.85. The molecule has 0 amide bonds. The molecule has 0 aliphatic heterocycles. The maximum Gasteiger partial charge on any atom is 0.140 e. The van der Waals surface area contributed by atoms with Gasteiger partial charge in [-0.2, -0.15) is 0 Å². The number of hydrogen-bond acceptors (Lipinski definition) is 3. The van der Waals surface area contributed by atoms with E-state index in [2.05, 4.69) is 109 Å². The van der Waals surface area contributed by atoms with Crippen LogP contribution in [-0.4, -0.2) is 28.1 Å². The highest BCUT2D eigenvalue weighted by Crippen LogP contribution is 2.31. The van der Waals surface area contributed by atoms with E-state index in [0.29, 0.717) is 0 Å². The van der Waals surface area contributed by atoms with Gasteiger partial charge in [-0.3, -0.25) is 4.90 Å². The monoisotopic (exact) mass is 481 g/mol. The van der Waals surface area contributed by atoms with Gasteiger partial charge in [-0.05, 0) is 43.5 Å². The third-order valence-corrected chi connectivity index (χ3v) is 6.67. The molecule has 0 radical (unpaired) electrons. The number of ether oxygens (including phenoxy) is 1. The van der Waals surface area contributed by atoms with Crippen molar-refractivity contribution in [3.8, 4) is 28.4 Å². The summed E-state index contributed by atoms with van der Waals surface area (Å²) < 4.78 is 7.95. The number of nitrogens with zero attached hydrogens (tertiary/aromatic N) is 3. The average molecular weight is 482 g/mol. The Morgan fingerprint density at radius 3 is 2.14 bits per heavy atom. The minimum atomic E-state index is 0.856. The molecule has 0 unspecified atom stereocenters. The lowest BCUT2D eigenvalue weighted by Crippen LogP contribution is -2.26. The third-order valence-electron chi connectivity index (χ3n) is 6.67. The van der Waals surface area contributed by atoms with Crippen molar-refractivity contribution >= 4 is 0 Å². The first-order valence-electron chi connectivity index (χ1n) is 13.2. The molecule has 0 atom stereocenters. The van der Waals surface area contributed by atoms with Gasteiger partial charge in [0.15, 0.2) is 0 Å². The molecule has 0 fully saturated rings. The Hall–Kier alpha value is -3.37. The van der Waals surface area contributed by atoms with Crippen molar-refractivity contribution in [3.63, 3.8) is 0 Å². The molecule has 36 heavy (non-hydrogen) atoms. The van der Waals surface area contributed by atoms with Crippen LogP contribution in [0.15, 0.2) is 78.9 Å². The van der Waals surface area contributed by atoms with Crippen LogP contribution >= 0.6 is 0 Å². The van der Waals surface area contributed by atoms with Gasteiger partial charge in [0.2, 0.25) is 0 Å². The maximum atomic E-state index is 5.49. The van der Waals surface area contributed by atoms with E-state index in [4.69, 9.17) is 9.72 Å². The number of imidazole rings is 1. The quantitative estimate of drug-likeness (QED) is 0.207. The van der Waals surface area contributed by atoms with E-state index in [1.807, 2.05) is 0 Å². The number of aryl methyl sites for hydroxylation is 1. The summed E-state index contributed by atoms with van der Waals surface area (Å²) in [5.74, 6) is 2.00. The van der Waals surface area contributed by atoms with Crippen LogP contribution in [0, 0.1) is 6.92 Å². The van der Waals surface area contributed by atoms with E-state index in [-0.39, 0.29) is 0 Å². The largest absolute Gasteiger partial charge is 0.496 e. The number of aromatic nitrogens is 2. The summed E-state index contributed by atoms with van der Waals surface area (Å²) in [4.78, 5) is 7.84. The van der Waals surface area contributed by atoms with Crippen LogP contribution in [0.5, 0.6) is 5.75 Å². The highest BCUT2D eigenvalue weighted by Gasteiger charge is 2.21. The molecule has 0 N–H and O–H groups in total. The lowest BCUT2D eigenvalue weighted by atomic mass is 10.1. The van der Waals surface area contributed by atoms with Crippen molar-refractivity contribution in [1.29, 1.82) is 0 Å². The molecule has 0 bridgehead atoms. The first-order chi connectivity index (χ1) is 17.6. The highest BCUT2D eigenvalue weighted by molar-refractivity contribution is 5.68. The van der Waals surface area contributed by atoms with Gasteiger partial charge in [0.1, 0.15) is 11.6 Å². The third kappa shape index (κ3) is 6.06. The summed E-state index contributed by atoms with van der Waals surface area (Å²) in [5.41, 5.74) is 7.22. The standard InChI is InChI=1S/C32H39N3O/c1-5-7-21-34(23-26-18-19-30(36-4)25(3)22-26)24-29-31(27-14-10-8-11-15-27)33-32(35(29)20-6-2)28-16-12-9-13-17-28/h8-19,22H,5-7,20-21,23-24H2,1-4H3. The van der Waals surface area contributed by atoms with Crippen LogP contribution < -0.4 is 4.74 Å². The molecule has 0 aliphatic rings. The number of hydrogen-bond donors (Lipinski definition) is 0. The Bertz CT molecular complexity index is 1230. The first-order valence-corrected chi connectivity index (χ1v) is 13.2. The van der Waals surface area contributed by atoms with Crippen molar-refractivity contribution in [2.24, 2.45) is 0 Å². The van der Waals surface area contributed by atoms with E-state index in [9.17, 15) is 0 Å². The Labute approximate surface area is 216 Å². The first kappa shape index (κ1) is 25.7. The van der Waals surface area contributed by atoms with E-state index >= 15 is 0 Å². The Morgan fingerprint density at radius 1 is 0.833 bits per heavy atom. The van der Waals surface area contributed by atoms with Crippen molar-refractivity contribution in [2.75, 3.05) is 13.7 Å². The maximum absolute atomic E-state index is 5.49. The van der Waals surface area contributed by atoms with Gasteiger partial charge < -0.3 is 9.30 Å². The minimum Gasteiger partial charge on any atom is -0.496 e. The van der Waals surface area contributed by atoms with E-state index < -0.39 is 0 Å². The van der Waals surface area contributed by atoms with Crippen LogP contribution in [-0.2, 0) is 19.6 Å². The normalized spacial score (nSPS) is 11.2. The van der Waals surface area contributed by atoms with Crippen molar-refractivity contribution in [3.05, 3.63) is 95.7 Å². The summed E-state index contributed by atoms with van der Waals surface area (Å²) in [6.45, 7) is 10.4. The summed E-state index contributed by atoms with van der Waals surface area (Å²) in [7, 11) is 1.74. The van der Waals surface area contributed by atoms with Gasteiger partial charge in [0, 0.05) is 30.8 Å². The van der Waals surface area contributed by atoms with Crippen LogP contribution in [0.1, 0.15) is 49.9 Å². The zero-order valence-electron chi connectivity index (χ0n) is 22.2. The molecule has 3 aromatic carbocycles. The Kier molecular flexibility index (Phi) is 8.96. The number of rotatable bonds is 12. The molecule has 0 saturated heterocycles. The van der Waals surface area contributed by atoms with Crippen LogP contribution in [0.25, 0.3) is 22.6 Å². The topological polar surface area (TPSA) is 30.3 Å². The highest BCUT2D eigenvalue weighted by atomic mass is 16.5. The molecule has 4 heteroatoms. The van der Waals surface area contributed by atoms with Gasteiger partial charge in [-0.15, -0.1) is 0 Å². The number of unbranched alkanes of at least 4 members (excludes halogenated alkanes) is 1. The Morgan fingerprint density at radius 2 is 1.53 bits per heavy atom. The number of methoxy groups -OCH3 is 1. The molecule has 4 aromatic rings. The van der Waals surface area contributed by atoms with Gasteiger partial charge in [-0.25, -0.2) is 4.98 Å². The molecule has 1 heterocycles. The summed E-state index contributed by atoms with van der Waals surface area (Å²) in [5, 5.41) is 0. The molecule has 4 rings (SSSR count). The summed E-state index contributed by atoms with van der Waals surface area (Å²) in [6.07, 6.45) is 3.40. The predicted molar refractivity (Wildman–Crippen MR) is 150 cm³/mol. The molecule has 188 valence electrons. The molecule has 0 spiro atoms. The molecular formula is C32H39N3O. The lowest BCUT2D eigenvalue weighted by molar-refractivity contribution is 0.246. The van der Waals surface area contributed by atoms with E-state index in [1.54, 1.807) is 7.11 Å². The molecule has 0 saturated carbocycles. The average Bonchev–Trinajstić information content (AvgIpc) is 3.26. The smallest absolute Gasteiger partial charge is 0.140 e. The van der Waals surface area contributed by atoms with E-state index in [1.165, 1.54) is 40.8 Å². The van der Waals surface area contributed by atoms with E-state index in [0.717, 1.165) is 49.9 Å². The van der Waals surface area contributed by atoms with Crippen LogP contribution in [0.2, 0.25) is 0 Å². The van der Waals surface area contributed by atoms with Crippen molar-refractivity contribution < 1.29 is 4.74 Å². The molecule has 4 nitrogen and oxygen atoms in total. The number of benzene rings is 3. The molecule has 1 aromatic heterocycles. The van der Waals surface area contributed by atoms with Crippen molar-refractivity contribution in [2.45, 2.75) is 59.7 Å². The SMILES string of the molecule is CCCCN(Cc1ccc(OC)c(C)c1)Cc1c(-c2ccccc2)nc(-c2ccccc2)n1CCC. The van der Waals surface area contributed by atoms with Gasteiger partial charge in [-0.1, -0.05) is 93.1 Å². The second kappa shape index (κ2) is 12.5. The zero-order chi connectivity index (χ0) is 25.3. The lowest BCUT2D eigenvalue weighted by Gasteiger charge is -2.24. The fraction of sp³-hybridized carbons (Fsp3) is 0.344. The Balaban J connectivity index is 1.77. The molecule has 0 aliphatic carbocycles.